The molecule has 2 aliphatic heterocycles. The SMILES string of the molecule is CC(=O)NC[C@H]1CN(c2ccc(C3(C#N)C4CNCC43)cc2)C(=O)O1. The van der Waals surface area contributed by atoms with Crippen LogP contribution in [0.15, 0.2) is 24.3 Å². The predicted molar refractivity (Wildman–Crippen MR) is 89.9 cm³/mol. The Bertz CT molecular complexity index is 745. The van der Waals surface area contributed by atoms with Crippen molar-refractivity contribution in [2.24, 2.45) is 11.8 Å². The summed E-state index contributed by atoms with van der Waals surface area (Å²) < 4.78 is 5.28. The minimum absolute atomic E-state index is 0.148. The highest BCUT2D eigenvalue weighted by molar-refractivity contribution is 5.89. The topological polar surface area (TPSA) is 94.5 Å². The van der Waals surface area contributed by atoms with E-state index in [0.29, 0.717) is 24.9 Å². The number of piperidine rings is 1. The van der Waals surface area contributed by atoms with Crippen LogP contribution in [0.25, 0.3) is 0 Å². The summed E-state index contributed by atoms with van der Waals surface area (Å²) in [5.41, 5.74) is 1.40. The van der Waals surface area contributed by atoms with Crippen LogP contribution in [0.5, 0.6) is 0 Å². The molecule has 7 nitrogen and oxygen atoms in total. The number of rotatable bonds is 4. The summed E-state index contributed by atoms with van der Waals surface area (Å²) in [6.07, 6.45) is -0.763. The molecule has 4 rings (SSSR count). The number of fused-ring (bicyclic) bond motifs is 1. The van der Waals surface area contributed by atoms with Gasteiger partial charge >= 0.3 is 6.09 Å². The normalized spacial score (nSPS) is 32.7. The third kappa shape index (κ3) is 2.45. The number of ether oxygens (including phenoxy) is 1. The molecule has 2 N–H and O–H groups in total. The van der Waals surface area contributed by atoms with E-state index >= 15 is 0 Å². The number of amides is 2. The van der Waals surface area contributed by atoms with Gasteiger partial charge in [-0.05, 0) is 17.7 Å². The van der Waals surface area contributed by atoms with Crippen molar-refractivity contribution in [3.63, 3.8) is 0 Å². The number of nitriles is 1. The van der Waals surface area contributed by atoms with Gasteiger partial charge in [-0.2, -0.15) is 5.26 Å². The summed E-state index contributed by atoms with van der Waals surface area (Å²) in [5, 5.41) is 15.7. The quantitative estimate of drug-likeness (QED) is 0.844. The van der Waals surface area contributed by atoms with E-state index in [1.807, 2.05) is 24.3 Å². The van der Waals surface area contributed by atoms with Gasteiger partial charge < -0.3 is 15.4 Å². The molecule has 2 heterocycles. The smallest absolute Gasteiger partial charge is 0.414 e. The summed E-state index contributed by atoms with van der Waals surface area (Å²) in [4.78, 5) is 24.6. The minimum atomic E-state index is -0.411. The van der Waals surface area contributed by atoms with Gasteiger partial charge in [0.25, 0.3) is 0 Å². The maximum atomic E-state index is 12.1. The number of cyclic esters (lactones) is 1. The second kappa shape index (κ2) is 5.74. The average Bonchev–Trinajstić information content (AvgIpc) is 2.95. The zero-order valence-electron chi connectivity index (χ0n) is 14.0. The third-order valence-corrected chi connectivity index (χ3v) is 5.57. The number of anilines is 1. The molecule has 1 aliphatic carbocycles. The van der Waals surface area contributed by atoms with Crippen LogP contribution in [0.2, 0.25) is 0 Å². The zero-order valence-corrected chi connectivity index (χ0v) is 14.0. The lowest BCUT2D eigenvalue weighted by Gasteiger charge is -2.17. The monoisotopic (exact) mass is 340 g/mol. The van der Waals surface area contributed by atoms with Crippen molar-refractivity contribution in [3.05, 3.63) is 29.8 Å². The van der Waals surface area contributed by atoms with E-state index in [4.69, 9.17) is 4.74 Å². The summed E-state index contributed by atoms with van der Waals surface area (Å²) in [6, 6.07) is 10.2. The molecule has 0 bridgehead atoms. The fourth-order valence-electron chi connectivity index (χ4n) is 4.21. The number of carbonyl (C=O) groups is 2. The lowest BCUT2D eigenvalue weighted by molar-refractivity contribution is -0.119. The number of benzene rings is 1. The third-order valence-electron chi connectivity index (χ3n) is 5.57. The van der Waals surface area contributed by atoms with Crippen LogP contribution in [0.3, 0.4) is 0 Å². The van der Waals surface area contributed by atoms with Gasteiger partial charge in [-0.3, -0.25) is 9.69 Å². The fourth-order valence-corrected chi connectivity index (χ4v) is 4.21. The van der Waals surface area contributed by atoms with E-state index in [-0.39, 0.29) is 17.4 Å². The van der Waals surface area contributed by atoms with E-state index in [9.17, 15) is 14.9 Å². The molecule has 25 heavy (non-hydrogen) atoms. The first-order chi connectivity index (χ1) is 12.1. The Labute approximate surface area is 145 Å². The van der Waals surface area contributed by atoms with Crippen LogP contribution < -0.4 is 15.5 Å². The van der Waals surface area contributed by atoms with Gasteiger partial charge in [-0.25, -0.2) is 4.79 Å². The average molecular weight is 340 g/mol. The Balaban J connectivity index is 1.47. The molecule has 1 aromatic rings. The van der Waals surface area contributed by atoms with Crippen LogP contribution in [0, 0.1) is 23.2 Å². The molecular formula is C18H20N4O3. The van der Waals surface area contributed by atoms with E-state index in [1.165, 1.54) is 6.92 Å². The van der Waals surface area contributed by atoms with E-state index in [0.717, 1.165) is 24.3 Å². The Hall–Kier alpha value is -2.59. The van der Waals surface area contributed by atoms with Gasteiger partial charge in [0.05, 0.1) is 24.6 Å². The highest BCUT2D eigenvalue weighted by Crippen LogP contribution is 2.61. The number of nitrogens with one attached hydrogen (secondary N) is 2. The van der Waals surface area contributed by atoms with Crippen LogP contribution in [0.4, 0.5) is 10.5 Å². The molecule has 1 aromatic carbocycles. The molecule has 0 aromatic heterocycles. The Kier molecular flexibility index (Phi) is 3.65. The molecule has 2 unspecified atom stereocenters. The lowest BCUT2D eigenvalue weighted by Crippen LogP contribution is -2.33. The largest absolute Gasteiger partial charge is 0.442 e. The molecule has 7 heteroatoms. The first-order valence-electron chi connectivity index (χ1n) is 8.51. The molecule has 3 fully saturated rings. The molecular weight excluding hydrogens is 320 g/mol. The molecule has 0 radical (unpaired) electrons. The molecule has 3 aliphatic rings. The van der Waals surface area contributed by atoms with Gasteiger partial charge in [0, 0.05) is 37.5 Å². The van der Waals surface area contributed by atoms with E-state index in [2.05, 4.69) is 16.7 Å². The van der Waals surface area contributed by atoms with Crippen molar-refractivity contribution in [3.8, 4) is 6.07 Å². The maximum Gasteiger partial charge on any atom is 0.414 e. The van der Waals surface area contributed by atoms with Crippen molar-refractivity contribution < 1.29 is 14.3 Å². The zero-order chi connectivity index (χ0) is 17.6. The first-order valence-corrected chi connectivity index (χ1v) is 8.51. The lowest BCUT2D eigenvalue weighted by atomic mass is 9.92. The second-order valence-electron chi connectivity index (χ2n) is 6.95. The maximum absolute atomic E-state index is 12.1. The van der Waals surface area contributed by atoms with Crippen molar-refractivity contribution in [1.29, 1.82) is 5.26 Å². The number of hydrogen-bond donors (Lipinski definition) is 2. The van der Waals surface area contributed by atoms with Crippen LogP contribution in [0.1, 0.15) is 12.5 Å². The Morgan fingerprint density at radius 3 is 2.68 bits per heavy atom. The number of hydrogen-bond acceptors (Lipinski definition) is 5. The Morgan fingerprint density at radius 2 is 2.08 bits per heavy atom. The number of nitrogens with zero attached hydrogens (tertiary/aromatic N) is 2. The standard InChI is InChI=1S/C18H20N4O3/c1-11(23)21-6-14-9-22(17(24)25-14)13-4-2-12(3-5-13)18(10-19)15-7-20-8-16(15)18/h2-5,14-16,20H,6-9H2,1H3,(H,21,23)/t14-,15?,16?,18?/m0/s1. The highest BCUT2D eigenvalue weighted by Gasteiger charge is 2.68. The molecule has 2 saturated heterocycles. The van der Waals surface area contributed by atoms with Gasteiger partial charge in [0.15, 0.2) is 0 Å². The highest BCUT2D eigenvalue weighted by atomic mass is 16.6. The van der Waals surface area contributed by atoms with Crippen LogP contribution in [-0.2, 0) is 14.9 Å². The predicted octanol–water partition coefficient (Wildman–Crippen LogP) is 0.758. The molecule has 1 saturated carbocycles. The molecule has 130 valence electrons. The van der Waals surface area contributed by atoms with Gasteiger partial charge in [0.1, 0.15) is 6.10 Å². The van der Waals surface area contributed by atoms with Crippen molar-refractivity contribution >= 4 is 17.7 Å². The Morgan fingerprint density at radius 1 is 1.40 bits per heavy atom. The van der Waals surface area contributed by atoms with Crippen molar-refractivity contribution in [2.75, 3.05) is 31.1 Å². The first kappa shape index (κ1) is 15.9. The van der Waals surface area contributed by atoms with Crippen molar-refractivity contribution in [1.82, 2.24) is 10.6 Å². The van der Waals surface area contributed by atoms with Crippen molar-refractivity contribution in [2.45, 2.75) is 18.4 Å². The minimum Gasteiger partial charge on any atom is -0.442 e. The van der Waals surface area contributed by atoms with E-state index in [1.54, 1.807) is 4.90 Å². The second-order valence-corrected chi connectivity index (χ2v) is 6.95. The fraction of sp³-hybridized carbons (Fsp3) is 0.500. The van der Waals surface area contributed by atoms with Gasteiger partial charge in [-0.1, -0.05) is 12.1 Å². The molecule has 2 amide bonds. The molecule has 0 spiro atoms. The van der Waals surface area contributed by atoms with E-state index < -0.39 is 6.09 Å². The van der Waals surface area contributed by atoms with Crippen LogP contribution >= 0.6 is 0 Å². The van der Waals surface area contributed by atoms with Gasteiger partial charge in [-0.15, -0.1) is 0 Å². The van der Waals surface area contributed by atoms with Gasteiger partial charge in [0.2, 0.25) is 5.91 Å². The summed E-state index contributed by atoms with van der Waals surface area (Å²) in [6.45, 7) is 3.92. The molecule has 3 atom stereocenters. The summed E-state index contributed by atoms with van der Waals surface area (Å²) in [7, 11) is 0. The summed E-state index contributed by atoms with van der Waals surface area (Å²) in [5.74, 6) is 0.634. The summed E-state index contributed by atoms with van der Waals surface area (Å²) >= 11 is 0. The van der Waals surface area contributed by atoms with Crippen LogP contribution in [-0.4, -0.2) is 44.3 Å². The number of carbonyl (C=O) groups excluding carboxylic acids is 2.